The number of nitrogens with one attached hydrogen (secondary N) is 2. The third kappa shape index (κ3) is 3.68. The number of rotatable bonds is 5. The Morgan fingerprint density at radius 2 is 2.05 bits per heavy atom. The van der Waals surface area contributed by atoms with Crippen molar-refractivity contribution < 1.29 is 4.79 Å². The second-order valence-corrected chi connectivity index (χ2v) is 5.27. The lowest BCUT2D eigenvalue weighted by Gasteiger charge is -2.14. The van der Waals surface area contributed by atoms with Gasteiger partial charge in [0.2, 0.25) is 5.91 Å². The van der Waals surface area contributed by atoms with Gasteiger partial charge in [0.25, 0.3) is 0 Å². The average molecular weight is 272 g/mol. The predicted molar refractivity (Wildman–Crippen MR) is 80.1 cm³/mol. The molecule has 2 aromatic rings. The molecule has 5 nitrogen and oxygen atoms in total. The molecule has 0 saturated heterocycles. The number of anilines is 1. The van der Waals surface area contributed by atoms with Crippen LogP contribution in [0.15, 0.2) is 36.8 Å². The van der Waals surface area contributed by atoms with Crippen molar-refractivity contribution in [3.63, 3.8) is 0 Å². The maximum atomic E-state index is 11.9. The maximum Gasteiger partial charge on any atom is 0.241 e. The molecular formula is C15H20N4O. The number of hydrogen-bond acceptors (Lipinski definition) is 3. The summed E-state index contributed by atoms with van der Waals surface area (Å²) in [4.78, 5) is 18.9. The Hall–Kier alpha value is -2.14. The van der Waals surface area contributed by atoms with Gasteiger partial charge >= 0.3 is 0 Å². The summed E-state index contributed by atoms with van der Waals surface area (Å²) >= 11 is 0. The number of nitrogens with two attached hydrogens (primary N) is 1. The van der Waals surface area contributed by atoms with Crippen LogP contribution in [-0.4, -0.2) is 21.9 Å². The molecule has 5 heteroatoms. The zero-order valence-corrected chi connectivity index (χ0v) is 11.8. The van der Waals surface area contributed by atoms with Crippen molar-refractivity contribution in [2.24, 2.45) is 11.7 Å². The maximum absolute atomic E-state index is 11.9. The second-order valence-electron chi connectivity index (χ2n) is 5.27. The van der Waals surface area contributed by atoms with E-state index in [1.165, 1.54) is 0 Å². The highest BCUT2D eigenvalue weighted by molar-refractivity contribution is 5.94. The van der Waals surface area contributed by atoms with Gasteiger partial charge in [0.15, 0.2) is 0 Å². The molecule has 0 aliphatic heterocycles. The van der Waals surface area contributed by atoms with E-state index in [0.29, 0.717) is 12.3 Å². The zero-order valence-electron chi connectivity index (χ0n) is 11.8. The van der Waals surface area contributed by atoms with Gasteiger partial charge < -0.3 is 16.0 Å². The number of benzene rings is 1. The molecule has 0 bridgehead atoms. The summed E-state index contributed by atoms with van der Waals surface area (Å²) in [5.41, 5.74) is 8.56. The number of carbonyl (C=O) groups excluding carboxylic acids is 1. The number of amides is 1. The summed E-state index contributed by atoms with van der Waals surface area (Å²) in [6.45, 7) is 4.10. The van der Waals surface area contributed by atoms with Gasteiger partial charge in [0, 0.05) is 5.69 Å². The van der Waals surface area contributed by atoms with Crippen molar-refractivity contribution in [3.05, 3.63) is 36.8 Å². The van der Waals surface area contributed by atoms with Gasteiger partial charge in [-0.05, 0) is 30.0 Å². The van der Waals surface area contributed by atoms with Crippen LogP contribution < -0.4 is 11.1 Å². The van der Waals surface area contributed by atoms with E-state index >= 15 is 0 Å². The molecule has 106 valence electrons. The largest absolute Gasteiger partial charge is 0.345 e. The summed E-state index contributed by atoms with van der Waals surface area (Å²) in [6, 6.07) is 7.10. The van der Waals surface area contributed by atoms with Gasteiger partial charge in [-0.15, -0.1) is 0 Å². The first-order valence-electron chi connectivity index (χ1n) is 6.71. The molecular weight excluding hydrogens is 252 g/mol. The highest BCUT2D eigenvalue weighted by Gasteiger charge is 2.14. The van der Waals surface area contributed by atoms with Gasteiger partial charge in [-0.2, -0.15) is 0 Å². The Balaban J connectivity index is 1.99. The fourth-order valence-electron chi connectivity index (χ4n) is 2.00. The molecule has 4 N–H and O–H groups in total. The summed E-state index contributed by atoms with van der Waals surface area (Å²) in [5.74, 6) is 0.256. The molecule has 0 fully saturated rings. The number of carbonyl (C=O) groups is 1. The Morgan fingerprint density at radius 1 is 1.35 bits per heavy atom. The van der Waals surface area contributed by atoms with E-state index in [4.69, 9.17) is 5.73 Å². The monoisotopic (exact) mass is 272 g/mol. The molecule has 0 unspecified atom stereocenters. The lowest BCUT2D eigenvalue weighted by molar-refractivity contribution is -0.117. The molecule has 0 aliphatic carbocycles. The molecule has 0 aliphatic rings. The first kappa shape index (κ1) is 14.3. The molecule has 20 heavy (non-hydrogen) atoms. The van der Waals surface area contributed by atoms with Crippen LogP contribution in [0.2, 0.25) is 0 Å². The van der Waals surface area contributed by atoms with E-state index < -0.39 is 6.04 Å². The van der Waals surface area contributed by atoms with Crippen molar-refractivity contribution in [2.45, 2.75) is 26.3 Å². The summed E-state index contributed by atoms with van der Waals surface area (Å²) in [6.07, 6.45) is 4.07. The molecule has 1 atom stereocenters. The standard InChI is InChI=1S/C15H20N4O/c1-10(2)7-13(16)15(20)19-12-5-3-11(4-6-12)14-8-17-9-18-14/h3-6,8-10,13H,7,16H2,1-2H3,(H,17,18)(H,19,20)/t13-/m1/s1. The van der Waals surface area contributed by atoms with Gasteiger partial charge in [0.1, 0.15) is 0 Å². The molecule has 1 heterocycles. The Morgan fingerprint density at radius 3 is 2.60 bits per heavy atom. The number of aromatic amines is 1. The highest BCUT2D eigenvalue weighted by atomic mass is 16.2. The van der Waals surface area contributed by atoms with Crippen LogP contribution in [0.25, 0.3) is 11.3 Å². The number of hydrogen-bond donors (Lipinski definition) is 3. The third-order valence-corrected chi connectivity index (χ3v) is 3.02. The molecule has 1 amide bonds. The Kier molecular flexibility index (Phi) is 4.53. The van der Waals surface area contributed by atoms with Crippen LogP contribution in [0.3, 0.4) is 0 Å². The van der Waals surface area contributed by atoms with Crippen molar-refractivity contribution in [3.8, 4) is 11.3 Å². The fraction of sp³-hybridized carbons (Fsp3) is 0.333. The molecule has 0 radical (unpaired) electrons. The molecule has 1 aromatic heterocycles. The van der Waals surface area contributed by atoms with Crippen LogP contribution in [0.1, 0.15) is 20.3 Å². The average Bonchev–Trinajstić information content (AvgIpc) is 2.92. The highest BCUT2D eigenvalue weighted by Crippen LogP contribution is 2.19. The quantitative estimate of drug-likeness (QED) is 0.781. The van der Waals surface area contributed by atoms with Crippen molar-refractivity contribution in [1.29, 1.82) is 0 Å². The first-order valence-corrected chi connectivity index (χ1v) is 6.71. The van der Waals surface area contributed by atoms with E-state index in [1.807, 2.05) is 38.1 Å². The Labute approximate surface area is 118 Å². The second kappa shape index (κ2) is 6.34. The van der Waals surface area contributed by atoms with Gasteiger partial charge in [-0.25, -0.2) is 4.98 Å². The fourth-order valence-corrected chi connectivity index (χ4v) is 2.00. The van der Waals surface area contributed by atoms with E-state index in [-0.39, 0.29) is 5.91 Å². The summed E-state index contributed by atoms with van der Waals surface area (Å²) < 4.78 is 0. The SMILES string of the molecule is CC(C)C[C@@H](N)C(=O)Nc1ccc(-c2cnc[nH]2)cc1. The predicted octanol–water partition coefficient (Wildman–Crippen LogP) is 2.39. The van der Waals surface area contributed by atoms with Crippen LogP contribution in [-0.2, 0) is 4.79 Å². The molecule has 0 saturated carbocycles. The van der Waals surface area contributed by atoms with Crippen LogP contribution in [0.5, 0.6) is 0 Å². The van der Waals surface area contributed by atoms with Crippen LogP contribution in [0.4, 0.5) is 5.69 Å². The first-order chi connectivity index (χ1) is 9.56. The molecule has 2 rings (SSSR count). The van der Waals surface area contributed by atoms with Gasteiger partial charge in [-0.3, -0.25) is 4.79 Å². The number of imidazole rings is 1. The zero-order chi connectivity index (χ0) is 14.5. The lowest BCUT2D eigenvalue weighted by Crippen LogP contribution is -2.36. The summed E-state index contributed by atoms with van der Waals surface area (Å²) in [5, 5.41) is 2.83. The van der Waals surface area contributed by atoms with Crippen LogP contribution >= 0.6 is 0 Å². The van der Waals surface area contributed by atoms with Crippen molar-refractivity contribution in [2.75, 3.05) is 5.32 Å². The van der Waals surface area contributed by atoms with Crippen molar-refractivity contribution in [1.82, 2.24) is 9.97 Å². The van der Waals surface area contributed by atoms with Crippen molar-refractivity contribution >= 4 is 11.6 Å². The molecule has 0 spiro atoms. The summed E-state index contributed by atoms with van der Waals surface area (Å²) in [7, 11) is 0. The number of nitrogens with zero attached hydrogens (tertiary/aromatic N) is 1. The minimum absolute atomic E-state index is 0.145. The van der Waals surface area contributed by atoms with E-state index in [9.17, 15) is 4.79 Å². The van der Waals surface area contributed by atoms with Crippen LogP contribution in [0, 0.1) is 5.92 Å². The van der Waals surface area contributed by atoms with E-state index in [0.717, 1.165) is 16.9 Å². The Bertz CT molecular complexity index is 546. The van der Waals surface area contributed by atoms with E-state index in [1.54, 1.807) is 12.5 Å². The normalized spacial score (nSPS) is 12.4. The molecule has 1 aromatic carbocycles. The van der Waals surface area contributed by atoms with E-state index in [2.05, 4.69) is 15.3 Å². The van der Waals surface area contributed by atoms with Gasteiger partial charge in [-0.1, -0.05) is 26.0 Å². The number of aromatic nitrogens is 2. The topological polar surface area (TPSA) is 83.8 Å². The number of H-pyrrole nitrogens is 1. The minimum Gasteiger partial charge on any atom is -0.345 e. The van der Waals surface area contributed by atoms with Gasteiger partial charge in [0.05, 0.1) is 24.3 Å². The minimum atomic E-state index is -0.470. The third-order valence-electron chi connectivity index (χ3n) is 3.02. The smallest absolute Gasteiger partial charge is 0.241 e. The lowest BCUT2D eigenvalue weighted by atomic mass is 10.0.